The van der Waals surface area contributed by atoms with Crippen LogP contribution >= 0.6 is 15.9 Å². The first-order chi connectivity index (χ1) is 15.1. The molecule has 31 heavy (non-hydrogen) atoms. The van der Waals surface area contributed by atoms with Crippen molar-refractivity contribution in [2.75, 3.05) is 18.5 Å². The molecule has 158 valence electrons. The molecular formula is C25H23BrN2O3. The van der Waals surface area contributed by atoms with Crippen LogP contribution in [-0.4, -0.2) is 25.0 Å². The summed E-state index contributed by atoms with van der Waals surface area (Å²) in [6.07, 6.45) is 2.39. The third-order valence-electron chi connectivity index (χ3n) is 4.51. The van der Waals surface area contributed by atoms with Crippen LogP contribution in [0.2, 0.25) is 0 Å². The summed E-state index contributed by atoms with van der Waals surface area (Å²) in [6.45, 7) is 4.46. The van der Waals surface area contributed by atoms with Gasteiger partial charge < -0.3 is 15.4 Å². The molecule has 0 saturated carbocycles. The van der Waals surface area contributed by atoms with E-state index in [4.69, 9.17) is 4.74 Å². The normalized spacial score (nSPS) is 10.2. The van der Waals surface area contributed by atoms with Crippen LogP contribution in [0.3, 0.4) is 0 Å². The number of halogens is 1. The fraction of sp³-hybridized carbons (Fsp3) is 0.120. The third-order valence-corrected chi connectivity index (χ3v) is 5.13. The van der Waals surface area contributed by atoms with Gasteiger partial charge in [0.2, 0.25) is 0 Å². The molecular weight excluding hydrogens is 456 g/mol. The number of amides is 2. The Bertz CT molecular complexity index is 1070. The van der Waals surface area contributed by atoms with Gasteiger partial charge in [-0.05, 0) is 51.8 Å². The number of hydrogen-bond acceptors (Lipinski definition) is 3. The van der Waals surface area contributed by atoms with E-state index in [0.717, 1.165) is 6.42 Å². The summed E-state index contributed by atoms with van der Waals surface area (Å²) in [6, 6.07) is 22.1. The lowest BCUT2D eigenvalue weighted by Crippen LogP contribution is -2.25. The van der Waals surface area contributed by atoms with Crippen LogP contribution in [0.25, 0.3) is 0 Å². The molecule has 0 heterocycles. The molecule has 5 nitrogen and oxygen atoms in total. The summed E-state index contributed by atoms with van der Waals surface area (Å²) < 4.78 is 6.53. The van der Waals surface area contributed by atoms with E-state index in [9.17, 15) is 9.59 Å². The average molecular weight is 479 g/mol. The minimum absolute atomic E-state index is 0.279. The van der Waals surface area contributed by atoms with Crippen LogP contribution in [0.15, 0.2) is 89.9 Å². The van der Waals surface area contributed by atoms with Gasteiger partial charge in [0, 0.05) is 18.5 Å². The van der Waals surface area contributed by atoms with E-state index < -0.39 is 0 Å². The summed E-state index contributed by atoms with van der Waals surface area (Å²) in [4.78, 5) is 25.1. The maximum Gasteiger partial charge on any atom is 0.255 e. The molecule has 0 radical (unpaired) electrons. The fourth-order valence-corrected chi connectivity index (χ4v) is 3.42. The maximum atomic E-state index is 12.7. The SMILES string of the molecule is C=CCNC(=O)c1ccccc1NC(=O)c1ccc(OCCc2ccccc2)c(Br)c1. The molecule has 0 spiro atoms. The zero-order chi connectivity index (χ0) is 22.1. The summed E-state index contributed by atoms with van der Waals surface area (Å²) >= 11 is 3.47. The van der Waals surface area contributed by atoms with Crippen LogP contribution in [-0.2, 0) is 6.42 Å². The van der Waals surface area contributed by atoms with E-state index in [1.165, 1.54) is 5.56 Å². The van der Waals surface area contributed by atoms with Crippen molar-refractivity contribution in [2.45, 2.75) is 6.42 Å². The second-order valence-corrected chi connectivity index (χ2v) is 7.58. The van der Waals surface area contributed by atoms with Gasteiger partial charge in [0.1, 0.15) is 5.75 Å². The topological polar surface area (TPSA) is 67.4 Å². The third kappa shape index (κ3) is 6.30. The van der Waals surface area contributed by atoms with Crippen molar-refractivity contribution in [1.82, 2.24) is 5.32 Å². The molecule has 0 saturated heterocycles. The highest BCUT2D eigenvalue weighted by Gasteiger charge is 2.15. The van der Waals surface area contributed by atoms with Crippen LogP contribution in [0, 0.1) is 0 Å². The highest BCUT2D eigenvalue weighted by Crippen LogP contribution is 2.27. The maximum absolute atomic E-state index is 12.7. The van der Waals surface area contributed by atoms with E-state index in [1.54, 1.807) is 48.5 Å². The average Bonchev–Trinajstić information content (AvgIpc) is 2.79. The number of para-hydroxylation sites is 1. The van der Waals surface area contributed by atoms with Gasteiger partial charge in [-0.3, -0.25) is 9.59 Å². The lowest BCUT2D eigenvalue weighted by atomic mass is 10.1. The zero-order valence-corrected chi connectivity index (χ0v) is 18.5. The van der Waals surface area contributed by atoms with Crippen molar-refractivity contribution in [1.29, 1.82) is 0 Å². The fourth-order valence-electron chi connectivity index (χ4n) is 2.93. The van der Waals surface area contributed by atoms with E-state index >= 15 is 0 Å². The predicted molar refractivity (Wildman–Crippen MR) is 127 cm³/mol. The molecule has 2 amide bonds. The number of nitrogens with one attached hydrogen (secondary N) is 2. The van der Waals surface area contributed by atoms with Crippen LogP contribution in [0.1, 0.15) is 26.3 Å². The standard InChI is InChI=1S/C25H23BrN2O3/c1-2-15-27-25(30)20-10-6-7-11-22(20)28-24(29)19-12-13-23(21(26)17-19)31-16-14-18-8-4-3-5-9-18/h2-13,17H,1,14-16H2,(H,27,30)(H,28,29). The highest BCUT2D eigenvalue weighted by atomic mass is 79.9. The lowest BCUT2D eigenvalue weighted by molar-refractivity contribution is 0.0959. The first-order valence-corrected chi connectivity index (χ1v) is 10.6. The molecule has 0 aliphatic rings. The molecule has 3 aromatic rings. The van der Waals surface area contributed by atoms with Crippen molar-refractivity contribution in [3.05, 3.63) is 107 Å². The van der Waals surface area contributed by atoms with Crippen molar-refractivity contribution in [3.63, 3.8) is 0 Å². The molecule has 3 aromatic carbocycles. The van der Waals surface area contributed by atoms with Crippen molar-refractivity contribution < 1.29 is 14.3 Å². The molecule has 6 heteroatoms. The van der Waals surface area contributed by atoms with Gasteiger partial charge in [0.15, 0.2) is 0 Å². The molecule has 0 bridgehead atoms. The van der Waals surface area contributed by atoms with E-state index in [1.807, 2.05) is 18.2 Å². The molecule has 2 N–H and O–H groups in total. The van der Waals surface area contributed by atoms with Crippen molar-refractivity contribution in [2.24, 2.45) is 0 Å². The smallest absolute Gasteiger partial charge is 0.255 e. The minimum Gasteiger partial charge on any atom is -0.492 e. The largest absolute Gasteiger partial charge is 0.492 e. The second-order valence-electron chi connectivity index (χ2n) is 6.73. The number of rotatable bonds is 9. The summed E-state index contributed by atoms with van der Waals surface area (Å²) in [7, 11) is 0. The molecule has 0 aliphatic carbocycles. The lowest BCUT2D eigenvalue weighted by Gasteiger charge is -2.12. The van der Waals surface area contributed by atoms with Gasteiger partial charge in [-0.1, -0.05) is 48.5 Å². The van der Waals surface area contributed by atoms with E-state index in [-0.39, 0.29) is 11.8 Å². The molecule has 3 rings (SSSR count). The first kappa shape index (κ1) is 22.3. The molecule has 0 unspecified atom stereocenters. The quantitative estimate of drug-likeness (QED) is 0.413. The predicted octanol–water partition coefficient (Wildman–Crippen LogP) is 5.24. The van der Waals surface area contributed by atoms with Gasteiger partial charge in [-0.15, -0.1) is 6.58 Å². The van der Waals surface area contributed by atoms with Crippen LogP contribution < -0.4 is 15.4 Å². The minimum atomic E-state index is -0.319. The Morgan fingerprint density at radius 1 is 0.968 bits per heavy atom. The Labute approximate surface area is 190 Å². The number of hydrogen-bond donors (Lipinski definition) is 2. The Balaban J connectivity index is 1.64. The second kappa shape index (κ2) is 11.1. The van der Waals surface area contributed by atoms with Crippen molar-refractivity contribution >= 4 is 33.4 Å². The monoisotopic (exact) mass is 478 g/mol. The van der Waals surface area contributed by atoms with E-state index in [2.05, 4.69) is 45.3 Å². The molecule has 0 atom stereocenters. The Morgan fingerprint density at radius 3 is 2.45 bits per heavy atom. The summed E-state index contributed by atoms with van der Waals surface area (Å²) in [5, 5.41) is 5.53. The number of ether oxygens (including phenoxy) is 1. The number of anilines is 1. The van der Waals surface area contributed by atoms with Crippen LogP contribution in [0.5, 0.6) is 5.75 Å². The Kier molecular flexibility index (Phi) is 8.01. The zero-order valence-electron chi connectivity index (χ0n) is 16.9. The van der Waals surface area contributed by atoms with Gasteiger partial charge in [-0.2, -0.15) is 0 Å². The van der Waals surface area contributed by atoms with Crippen molar-refractivity contribution in [3.8, 4) is 5.75 Å². The van der Waals surface area contributed by atoms with Gasteiger partial charge >= 0.3 is 0 Å². The highest BCUT2D eigenvalue weighted by molar-refractivity contribution is 9.10. The van der Waals surface area contributed by atoms with Gasteiger partial charge in [-0.25, -0.2) is 0 Å². The molecule has 0 aromatic heterocycles. The molecule has 0 aliphatic heterocycles. The number of carbonyl (C=O) groups excluding carboxylic acids is 2. The van der Waals surface area contributed by atoms with Crippen LogP contribution in [0.4, 0.5) is 5.69 Å². The first-order valence-electron chi connectivity index (χ1n) is 9.84. The Morgan fingerprint density at radius 2 is 1.71 bits per heavy atom. The molecule has 0 fully saturated rings. The Hall–Kier alpha value is -3.38. The number of carbonyl (C=O) groups is 2. The van der Waals surface area contributed by atoms with Gasteiger partial charge in [0.05, 0.1) is 22.3 Å². The van der Waals surface area contributed by atoms with E-state index in [0.29, 0.717) is 40.2 Å². The summed E-state index contributed by atoms with van der Waals surface area (Å²) in [5.41, 5.74) is 2.47. The van der Waals surface area contributed by atoms with Gasteiger partial charge in [0.25, 0.3) is 11.8 Å². The number of benzene rings is 3. The summed E-state index contributed by atoms with van der Waals surface area (Å²) in [5.74, 6) is 0.0661.